The van der Waals surface area contributed by atoms with Crippen molar-refractivity contribution in [2.75, 3.05) is 39.6 Å². The molecule has 0 spiro atoms. The van der Waals surface area contributed by atoms with Gasteiger partial charge in [-0.15, -0.1) is 0 Å². The van der Waals surface area contributed by atoms with Gasteiger partial charge in [0.05, 0.1) is 26.4 Å². The summed E-state index contributed by atoms with van der Waals surface area (Å²) in [7, 11) is -9.92. The number of rotatable bonds is 83. The third-order valence-electron chi connectivity index (χ3n) is 20.1. The van der Waals surface area contributed by atoms with E-state index >= 15 is 0 Å². The molecule has 3 unspecified atom stereocenters. The summed E-state index contributed by atoms with van der Waals surface area (Å²) < 4.78 is 68.8. The average molecular weight is 1510 g/mol. The molecule has 19 heteroatoms. The Labute approximate surface area is 632 Å². The number of phosphoric acid groups is 2. The number of aliphatic hydroxyl groups excluding tert-OH is 1. The smallest absolute Gasteiger partial charge is 0.462 e. The highest BCUT2D eigenvalue weighted by atomic mass is 31.2. The zero-order valence-electron chi connectivity index (χ0n) is 67.6. The van der Waals surface area contributed by atoms with Gasteiger partial charge in [-0.1, -0.05) is 395 Å². The molecule has 0 fully saturated rings. The van der Waals surface area contributed by atoms with E-state index in [0.29, 0.717) is 25.7 Å². The van der Waals surface area contributed by atoms with Gasteiger partial charge in [0.1, 0.15) is 19.3 Å². The fourth-order valence-electron chi connectivity index (χ4n) is 13.0. The Hall–Kier alpha value is -1.94. The highest BCUT2D eigenvalue weighted by Crippen LogP contribution is 2.45. The summed E-state index contributed by atoms with van der Waals surface area (Å²) in [6.07, 6.45) is 66.7. The second kappa shape index (κ2) is 75.5. The zero-order chi connectivity index (χ0) is 75.6. The third-order valence-corrected chi connectivity index (χ3v) is 22.0. The first-order valence-corrected chi connectivity index (χ1v) is 46.5. The van der Waals surface area contributed by atoms with Crippen LogP contribution in [-0.4, -0.2) is 96.7 Å². The van der Waals surface area contributed by atoms with Gasteiger partial charge in [0.2, 0.25) is 0 Å². The van der Waals surface area contributed by atoms with Gasteiger partial charge >= 0.3 is 39.5 Å². The fraction of sp³-hybridized carbons (Fsp3) is 0.952. The molecule has 0 amide bonds. The Kier molecular flexibility index (Phi) is 74.1. The van der Waals surface area contributed by atoms with E-state index in [0.717, 1.165) is 102 Å². The van der Waals surface area contributed by atoms with E-state index < -0.39 is 97.5 Å². The van der Waals surface area contributed by atoms with Crippen LogP contribution in [0.5, 0.6) is 0 Å². The molecular formula is C84H164O17P2. The lowest BCUT2D eigenvalue weighted by molar-refractivity contribution is -0.161. The number of hydrogen-bond donors (Lipinski definition) is 3. The molecule has 0 bridgehead atoms. The molecule has 0 saturated carbocycles. The van der Waals surface area contributed by atoms with Crippen LogP contribution in [0, 0.1) is 11.8 Å². The second-order valence-corrected chi connectivity index (χ2v) is 33.8. The van der Waals surface area contributed by atoms with Crippen LogP contribution in [-0.2, 0) is 65.4 Å². The molecular weight excluding hydrogens is 1340 g/mol. The van der Waals surface area contributed by atoms with Gasteiger partial charge in [-0.2, -0.15) is 0 Å². The number of unbranched alkanes of at least 4 members (excludes halogenated alkanes) is 52. The molecule has 17 nitrogen and oxygen atoms in total. The van der Waals surface area contributed by atoms with Crippen molar-refractivity contribution in [1.29, 1.82) is 0 Å². The van der Waals surface area contributed by atoms with E-state index in [9.17, 15) is 43.2 Å². The lowest BCUT2D eigenvalue weighted by atomic mass is 9.99. The molecule has 0 saturated heterocycles. The number of phosphoric ester groups is 2. The fourth-order valence-corrected chi connectivity index (χ4v) is 14.6. The van der Waals surface area contributed by atoms with Crippen molar-refractivity contribution in [2.45, 2.75) is 464 Å². The predicted molar refractivity (Wildman–Crippen MR) is 423 cm³/mol. The van der Waals surface area contributed by atoms with Gasteiger partial charge in [0, 0.05) is 25.7 Å². The first-order valence-electron chi connectivity index (χ1n) is 43.5. The molecule has 0 radical (unpaired) electrons. The van der Waals surface area contributed by atoms with Crippen LogP contribution in [0.2, 0.25) is 0 Å². The zero-order valence-corrected chi connectivity index (χ0v) is 69.4. The van der Waals surface area contributed by atoms with Crippen molar-refractivity contribution in [1.82, 2.24) is 0 Å². The Balaban J connectivity index is 5.20. The standard InChI is InChI=1S/C84H164O17P2/c1-7-10-12-14-16-18-20-21-22-23-24-28-31-34-38-42-49-55-61-67-82(87)95-72-79(100-83(88)68-62-56-50-43-39-35-32-29-26-25-27-30-33-37-40-47-53-59-65-77(6)9-3)74-98-102(90,91)96-70-78(85)71-97-103(92,93)99-75-80(101-84(89)69-63-57-51-45-44-46-52-58-64-76(4)5)73-94-81(86)66-60-54-48-41-36-19-17-15-13-11-8-2/h76-80,85H,7-75H2,1-6H3,(H,90,91)(H,92,93)/t77?,78-,79-,80-/m1/s1. The lowest BCUT2D eigenvalue weighted by Crippen LogP contribution is -2.30. The Bertz CT molecular complexity index is 1980. The number of carbonyl (C=O) groups is 4. The van der Waals surface area contributed by atoms with Crippen molar-refractivity contribution in [3.63, 3.8) is 0 Å². The summed E-state index contributed by atoms with van der Waals surface area (Å²) >= 11 is 0. The molecule has 0 aliphatic heterocycles. The van der Waals surface area contributed by atoms with Crippen molar-refractivity contribution in [2.24, 2.45) is 11.8 Å². The molecule has 6 atom stereocenters. The summed E-state index contributed by atoms with van der Waals surface area (Å²) in [5, 5.41) is 10.7. The van der Waals surface area contributed by atoms with E-state index in [2.05, 4.69) is 41.5 Å². The summed E-state index contributed by atoms with van der Waals surface area (Å²) in [6, 6.07) is 0. The number of ether oxygens (including phenoxy) is 4. The van der Waals surface area contributed by atoms with Gasteiger partial charge in [-0.25, -0.2) is 9.13 Å². The topological polar surface area (TPSA) is 237 Å². The van der Waals surface area contributed by atoms with Gasteiger partial charge in [0.25, 0.3) is 0 Å². The normalized spacial score (nSPS) is 14.1. The summed E-state index contributed by atoms with van der Waals surface area (Å²) in [5.41, 5.74) is 0. The van der Waals surface area contributed by atoms with Crippen LogP contribution >= 0.6 is 15.6 Å². The maximum atomic E-state index is 13.1. The average Bonchev–Trinajstić information content (AvgIpc) is 0.926. The largest absolute Gasteiger partial charge is 0.472 e. The van der Waals surface area contributed by atoms with E-state index in [1.165, 1.54) is 263 Å². The van der Waals surface area contributed by atoms with E-state index in [4.69, 9.17) is 37.0 Å². The molecule has 0 aliphatic carbocycles. The minimum atomic E-state index is -4.96. The number of esters is 4. The molecule has 3 N–H and O–H groups in total. The minimum Gasteiger partial charge on any atom is -0.462 e. The minimum absolute atomic E-state index is 0.105. The summed E-state index contributed by atoms with van der Waals surface area (Å²) in [5.74, 6) is -0.518. The monoisotopic (exact) mass is 1510 g/mol. The van der Waals surface area contributed by atoms with Crippen molar-refractivity contribution in [3.05, 3.63) is 0 Å². The van der Waals surface area contributed by atoms with Crippen LogP contribution in [0.4, 0.5) is 0 Å². The van der Waals surface area contributed by atoms with E-state index in [-0.39, 0.29) is 25.7 Å². The molecule has 0 aromatic heterocycles. The molecule has 612 valence electrons. The maximum Gasteiger partial charge on any atom is 0.472 e. The molecule has 0 aromatic rings. The van der Waals surface area contributed by atoms with Gasteiger partial charge < -0.3 is 33.8 Å². The highest BCUT2D eigenvalue weighted by Gasteiger charge is 2.30. The predicted octanol–water partition coefficient (Wildman–Crippen LogP) is 25.5. The molecule has 103 heavy (non-hydrogen) atoms. The Morgan fingerprint density at radius 1 is 0.282 bits per heavy atom. The van der Waals surface area contributed by atoms with Crippen molar-refractivity contribution in [3.8, 4) is 0 Å². The highest BCUT2D eigenvalue weighted by molar-refractivity contribution is 7.47. The quantitative estimate of drug-likeness (QED) is 0.0222. The number of aliphatic hydroxyl groups is 1. The summed E-state index contributed by atoms with van der Waals surface area (Å²) in [4.78, 5) is 73.1. The first kappa shape index (κ1) is 101. The van der Waals surface area contributed by atoms with Crippen LogP contribution in [0.25, 0.3) is 0 Å². The van der Waals surface area contributed by atoms with Crippen molar-refractivity contribution < 1.29 is 80.2 Å². The lowest BCUT2D eigenvalue weighted by Gasteiger charge is -2.21. The molecule has 0 rings (SSSR count). The first-order chi connectivity index (χ1) is 49.9. The Morgan fingerprint density at radius 2 is 0.495 bits per heavy atom. The van der Waals surface area contributed by atoms with Crippen LogP contribution < -0.4 is 0 Å². The number of carbonyl (C=O) groups excluding carboxylic acids is 4. The Morgan fingerprint density at radius 3 is 0.738 bits per heavy atom. The van der Waals surface area contributed by atoms with Crippen LogP contribution in [0.15, 0.2) is 0 Å². The summed E-state index contributed by atoms with van der Waals surface area (Å²) in [6.45, 7) is 9.67. The van der Waals surface area contributed by atoms with E-state index in [1.54, 1.807) is 0 Å². The SMILES string of the molecule is CCCCCCCCCCCCCCCCCCCCCC(=O)OC[C@H](COP(=O)(O)OC[C@@H](O)COP(=O)(O)OC[C@@H](COC(=O)CCCCCCCCCCCCC)OC(=O)CCCCCCCCCCC(C)C)OC(=O)CCCCCCCCCCCCCCCCCCCCC(C)CC. The van der Waals surface area contributed by atoms with Gasteiger partial charge in [0.15, 0.2) is 12.2 Å². The third kappa shape index (κ3) is 76.6. The van der Waals surface area contributed by atoms with Gasteiger partial charge in [-0.3, -0.25) is 37.3 Å². The maximum absolute atomic E-state index is 13.1. The molecule has 0 aromatic carbocycles. The number of hydrogen-bond acceptors (Lipinski definition) is 15. The van der Waals surface area contributed by atoms with Gasteiger partial charge in [-0.05, 0) is 37.5 Å². The second-order valence-electron chi connectivity index (χ2n) is 30.9. The van der Waals surface area contributed by atoms with E-state index in [1.807, 2.05) is 0 Å². The molecule has 0 heterocycles. The van der Waals surface area contributed by atoms with Crippen molar-refractivity contribution >= 4 is 39.5 Å². The molecule has 0 aliphatic rings. The van der Waals surface area contributed by atoms with Crippen LogP contribution in [0.1, 0.15) is 446 Å². The van der Waals surface area contributed by atoms with Crippen LogP contribution in [0.3, 0.4) is 0 Å².